The largest absolute Gasteiger partial charge is 0.503 e. The lowest BCUT2D eigenvalue weighted by Crippen LogP contribution is -2.34. The topological polar surface area (TPSA) is 70.1 Å². The van der Waals surface area contributed by atoms with Gasteiger partial charge in [-0.3, -0.25) is 9.59 Å². The third-order valence-electron chi connectivity index (χ3n) is 4.99. The molecule has 0 spiro atoms. The molecule has 0 saturated heterocycles. The van der Waals surface area contributed by atoms with Gasteiger partial charge in [-0.15, -0.1) is 0 Å². The molecule has 30 heavy (non-hydrogen) atoms. The molecule has 1 aromatic carbocycles. The van der Waals surface area contributed by atoms with E-state index in [0.29, 0.717) is 24.8 Å². The summed E-state index contributed by atoms with van der Waals surface area (Å²) >= 11 is 0. The molecule has 0 saturated carbocycles. The number of ether oxygens (including phenoxy) is 1. The fourth-order valence-corrected chi connectivity index (χ4v) is 3.46. The minimum Gasteiger partial charge on any atom is -0.503 e. The number of carbonyl (C=O) groups excluding carboxylic acids is 2. The second-order valence-electron chi connectivity index (χ2n) is 9.68. The van der Waals surface area contributed by atoms with Gasteiger partial charge in [0.2, 0.25) is 0 Å². The van der Waals surface area contributed by atoms with Crippen LogP contribution in [0.2, 0.25) is 0 Å². The van der Waals surface area contributed by atoms with Crippen molar-refractivity contribution in [1.82, 2.24) is 9.80 Å². The van der Waals surface area contributed by atoms with Crippen molar-refractivity contribution >= 4 is 11.7 Å². The van der Waals surface area contributed by atoms with Crippen LogP contribution in [-0.4, -0.2) is 60.4 Å². The fourth-order valence-electron chi connectivity index (χ4n) is 3.46. The molecule has 1 N–H and O–H groups in total. The zero-order valence-corrected chi connectivity index (χ0v) is 19.4. The predicted octanol–water partition coefficient (Wildman–Crippen LogP) is 3.98. The average molecular weight is 417 g/mol. The fraction of sp³-hybridized carbons (Fsp3) is 0.583. The number of Topliss-reactive ketones (excluding diaryl/α,β-unsaturated/α-hetero) is 1. The molecule has 1 unspecified atom stereocenters. The van der Waals surface area contributed by atoms with Crippen LogP contribution in [0.15, 0.2) is 35.6 Å². The summed E-state index contributed by atoms with van der Waals surface area (Å²) in [6.45, 7) is 11.4. The van der Waals surface area contributed by atoms with Gasteiger partial charge < -0.3 is 19.6 Å². The molecule has 0 aliphatic carbocycles. The van der Waals surface area contributed by atoms with Gasteiger partial charge in [0, 0.05) is 12.0 Å². The summed E-state index contributed by atoms with van der Waals surface area (Å²) in [6.07, 6.45) is 0.739. The summed E-state index contributed by atoms with van der Waals surface area (Å²) in [6, 6.07) is 6.87. The maximum absolute atomic E-state index is 13.2. The van der Waals surface area contributed by atoms with Gasteiger partial charge in [0.1, 0.15) is 5.75 Å². The zero-order valence-electron chi connectivity index (χ0n) is 19.4. The Kier molecular flexibility index (Phi) is 7.70. The molecule has 1 atom stereocenters. The minimum absolute atomic E-state index is 0.179. The number of hydrogen-bond acceptors (Lipinski definition) is 5. The van der Waals surface area contributed by atoms with Gasteiger partial charge in [-0.25, -0.2) is 0 Å². The Hall–Kier alpha value is -2.34. The van der Waals surface area contributed by atoms with Crippen molar-refractivity contribution in [3.05, 3.63) is 41.2 Å². The number of hydrogen-bond donors (Lipinski definition) is 1. The van der Waals surface area contributed by atoms with Gasteiger partial charge in [-0.2, -0.15) is 0 Å². The highest BCUT2D eigenvalue weighted by Crippen LogP contribution is 2.41. The van der Waals surface area contributed by atoms with E-state index in [1.807, 2.05) is 43.3 Å². The lowest BCUT2D eigenvalue weighted by molar-refractivity contribution is -0.129. The Balaban J connectivity index is 2.45. The summed E-state index contributed by atoms with van der Waals surface area (Å²) < 4.78 is 5.86. The second-order valence-corrected chi connectivity index (χ2v) is 9.68. The molecule has 1 amide bonds. The lowest BCUT2D eigenvalue weighted by Gasteiger charge is -2.29. The van der Waals surface area contributed by atoms with Crippen molar-refractivity contribution in [3.8, 4) is 5.75 Å². The number of aliphatic hydroxyl groups excluding tert-OH is 1. The molecule has 6 heteroatoms. The van der Waals surface area contributed by atoms with Crippen molar-refractivity contribution in [2.24, 2.45) is 11.3 Å². The summed E-state index contributed by atoms with van der Waals surface area (Å²) in [5.41, 5.74) is 0.234. The van der Waals surface area contributed by atoms with Crippen LogP contribution in [0.25, 0.3) is 0 Å². The molecule has 1 aromatic rings. The Morgan fingerprint density at radius 3 is 2.50 bits per heavy atom. The molecule has 0 radical (unpaired) electrons. The summed E-state index contributed by atoms with van der Waals surface area (Å²) in [4.78, 5) is 29.8. The van der Waals surface area contributed by atoms with E-state index in [-0.39, 0.29) is 11.4 Å². The number of nitrogens with zero attached hydrogens (tertiary/aromatic N) is 2. The van der Waals surface area contributed by atoms with Gasteiger partial charge in [0.15, 0.2) is 11.5 Å². The minimum atomic E-state index is -0.715. The van der Waals surface area contributed by atoms with E-state index in [1.165, 1.54) is 0 Å². The monoisotopic (exact) mass is 416 g/mol. The Morgan fingerprint density at radius 1 is 1.27 bits per heavy atom. The molecule has 0 bridgehead atoms. The van der Waals surface area contributed by atoms with Gasteiger partial charge >= 0.3 is 0 Å². The van der Waals surface area contributed by atoms with Crippen LogP contribution < -0.4 is 4.74 Å². The smallest absolute Gasteiger partial charge is 0.290 e. The normalized spacial score (nSPS) is 17.4. The summed E-state index contributed by atoms with van der Waals surface area (Å²) in [5.74, 6) is -0.0675. The first-order chi connectivity index (χ1) is 13.9. The van der Waals surface area contributed by atoms with Crippen LogP contribution in [-0.2, 0) is 9.59 Å². The van der Waals surface area contributed by atoms with Crippen LogP contribution in [0.4, 0.5) is 0 Å². The number of aliphatic hydroxyl groups is 1. The zero-order chi connectivity index (χ0) is 22.6. The molecular formula is C24H36N2O4. The van der Waals surface area contributed by atoms with E-state index in [0.717, 1.165) is 18.5 Å². The molecular weight excluding hydrogens is 380 g/mol. The number of carbonyl (C=O) groups is 2. The summed E-state index contributed by atoms with van der Waals surface area (Å²) in [7, 11) is 3.95. The van der Waals surface area contributed by atoms with E-state index in [1.54, 1.807) is 25.7 Å². The van der Waals surface area contributed by atoms with Crippen LogP contribution in [0.1, 0.15) is 52.6 Å². The van der Waals surface area contributed by atoms with Crippen molar-refractivity contribution < 1.29 is 19.4 Å². The highest BCUT2D eigenvalue weighted by molar-refractivity contribution is 6.10. The first-order valence-electron chi connectivity index (χ1n) is 10.6. The van der Waals surface area contributed by atoms with Crippen molar-refractivity contribution in [2.75, 3.05) is 33.8 Å². The van der Waals surface area contributed by atoms with Crippen LogP contribution in [0.5, 0.6) is 5.75 Å². The number of benzene rings is 1. The van der Waals surface area contributed by atoms with E-state index in [2.05, 4.69) is 13.8 Å². The SMILES string of the molecule is CC(C)COc1cccc(C2C(C(=O)C(C)(C)C)=C(O)C(=O)N2CCCN(C)C)c1. The Labute approximate surface area is 180 Å². The third kappa shape index (κ3) is 5.63. The second kappa shape index (κ2) is 9.65. The number of ketones is 1. The maximum Gasteiger partial charge on any atom is 0.290 e. The van der Waals surface area contributed by atoms with Gasteiger partial charge in [-0.1, -0.05) is 46.8 Å². The highest BCUT2D eigenvalue weighted by Gasteiger charge is 2.45. The Bertz CT molecular complexity index is 806. The van der Waals surface area contributed by atoms with Crippen LogP contribution in [0, 0.1) is 11.3 Å². The molecule has 166 valence electrons. The molecule has 6 nitrogen and oxygen atoms in total. The lowest BCUT2D eigenvalue weighted by atomic mass is 9.82. The molecule has 1 aliphatic rings. The summed E-state index contributed by atoms with van der Waals surface area (Å²) in [5, 5.41) is 10.7. The predicted molar refractivity (Wildman–Crippen MR) is 119 cm³/mol. The first kappa shape index (κ1) is 23.9. The van der Waals surface area contributed by atoms with E-state index >= 15 is 0 Å². The van der Waals surface area contributed by atoms with E-state index in [9.17, 15) is 14.7 Å². The van der Waals surface area contributed by atoms with Crippen molar-refractivity contribution in [1.29, 1.82) is 0 Å². The molecule has 1 aliphatic heterocycles. The van der Waals surface area contributed by atoms with E-state index < -0.39 is 23.1 Å². The van der Waals surface area contributed by atoms with Gasteiger partial charge in [-0.05, 0) is 50.7 Å². The van der Waals surface area contributed by atoms with Crippen molar-refractivity contribution in [2.45, 2.75) is 47.1 Å². The molecule has 0 fully saturated rings. The maximum atomic E-state index is 13.2. The van der Waals surface area contributed by atoms with Crippen LogP contribution >= 0.6 is 0 Å². The standard InChI is InChI=1S/C24H36N2O4/c1-16(2)15-30-18-11-8-10-17(14-18)20-19(22(28)24(3,4)5)21(27)23(29)26(20)13-9-12-25(6)7/h8,10-11,14,16,20,27H,9,12-13,15H2,1-7H3. The molecule has 2 rings (SSSR count). The quantitative estimate of drug-likeness (QED) is 0.659. The van der Waals surface area contributed by atoms with Crippen molar-refractivity contribution in [3.63, 3.8) is 0 Å². The third-order valence-corrected chi connectivity index (χ3v) is 4.99. The molecule has 1 heterocycles. The van der Waals surface area contributed by atoms with Gasteiger partial charge in [0.25, 0.3) is 5.91 Å². The highest BCUT2D eigenvalue weighted by atomic mass is 16.5. The molecule has 0 aromatic heterocycles. The Morgan fingerprint density at radius 2 is 1.93 bits per heavy atom. The van der Waals surface area contributed by atoms with Crippen LogP contribution in [0.3, 0.4) is 0 Å². The average Bonchev–Trinajstić information content (AvgIpc) is 2.90. The first-order valence-corrected chi connectivity index (χ1v) is 10.6. The number of amides is 1. The van der Waals surface area contributed by atoms with Gasteiger partial charge in [0.05, 0.1) is 18.2 Å². The van der Waals surface area contributed by atoms with E-state index in [4.69, 9.17) is 4.74 Å². The number of rotatable bonds is 9.